The highest BCUT2D eigenvalue weighted by atomic mass is 32.2. The molecule has 0 N–H and O–H groups in total. The average molecular weight is 460 g/mol. The highest BCUT2D eigenvalue weighted by molar-refractivity contribution is 7.90. The van der Waals surface area contributed by atoms with Crippen molar-refractivity contribution < 1.29 is 22.4 Å². The Bertz CT molecular complexity index is 1110. The highest BCUT2D eigenvalue weighted by Crippen LogP contribution is 2.20. The van der Waals surface area contributed by atoms with Crippen molar-refractivity contribution in [2.45, 2.75) is 37.8 Å². The summed E-state index contributed by atoms with van der Waals surface area (Å²) >= 11 is 0. The predicted octanol–water partition coefficient (Wildman–Crippen LogP) is 3.39. The Morgan fingerprint density at radius 3 is 2.56 bits per heavy atom. The molecule has 1 aromatic carbocycles. The third-order valence-electron chi connectivity index (χ3n) is 4.86. The molecule has 0 aliphatic carbocycles. The molecular formula is C23H29N3O5S. The fourth-order valence-corrected chi connectivity index (χ4v) is 4.98. The van der Waals surface area contributed by atoms with Crippen LogP contribution in [-0.2, 0) is 33.4 Å². The van der Waals surface area contributed by atoms with Crippen LogP contribution in [0.3, 0.4) is 0 Å². The number of benzene rings is 1. The summed E-state index contributed by atoms with van der Waals surface area (Å²) in [6.07, 6.45) is 2.98. The second kappa shape index (κ2) is 10.6. The van der Waals surface area contributed by atoms with Gasteiger partial charge in [0.25, 0.3) is 5.91 Å². The summed E-state index contributed by atoms with van der Waals surface area (Å²) in [5.41, 5.74) is 1.30. The summed E-state index contributed by atoms with van der Waals surface area (Å²) in [5, 5.41) is -0.0247. The van der Waals surface area contributed by atoms with E-state index in [0.29, 0.717) is 31.0 Å². The van der Waals surface area contributed by atoms with E-state index in [0.717, 1.165) is 0 Å². The van der Waals surface area contributed by atoms with Crippen LogP contribution in [0.15, 0.2) is 64.5 Å². The Labute approximate surface area is 188 Å². The normalized spacial score (nSPS) is 11.8. The van der Waals surface area contributed by atoms with Crippen LogP contribution >= 0.6 is 0 Å². The summed E-state index contributed by atoms with van der Waals surface area (Å²) in [5.74, 6) is 0.0474. The summed E-state index contributed by atoms with van der Waals surface area (Å²) in [7, 11) is -2.15. The molecule has 2 aromatic heterocycles. The third kappa shape index (κ3) is 5.86. The molecule has 0 aliphatic rings. The van der Waals surface area contributed by atoms with E-state index in [1.165, 1.54) is 12.5 Å². The molecule has 1 amide bonds. The molecule has 0 bridgehead atoms. The Balaban J connectivity index is 1.93. The van der Waals surface area contributed by atoms with E-state index >= 15 is 0 Å². The molecule has 8 nitrogen and oxygen atoms in total. The van der Waals surface area contributed by atoms with Crippen LogP contribution in [0.2, 0.25) is 0 Å². The Morgan fingerprint density at radius 2 is 1.94 bits per heavy atom. The lowest BCUT2D eigenvalue weighted by Crippen LogP contribution is -2.34. The molecule has 3 aromatic rings. The van der Waals surface area contributed by atoms with E-state index in [9.17, 15) is 13.2 Å². The van der Waals surface area contributed by atoms with Gasteiger partial charge < -0.3 is 18.6 Å². The fraction of sp³-hybridized carbons (Fsp3) is 0.391. The third-order valence-corrected chi connectivity index (χ3v) is 6.45. The molecule has 32 heavy (non-hydrogen) atoms. The van der Waals surface area contributed by atoms with E-state index < -0.39 is 9.84 Å². The standard InChI is InChI=1S/C23H29N3O5S/c1-18(2)15-25(22(27)21-10-7-12-31-21)16-20-14-24-23(26(20)11-13-30-3)32(28,29)17-19-8-5-4-6-9-19/h4-10,12,14,18H,11,13,15-17H2,1-3H3. The van der Waals surface area contributed by atoms with Crippen LogP contribution in [0.25, 0.3) is 0 Å². The zero-order valence-electron chi connectivity index (χ0n) is 18.6. The highest BCUT2D eigenvalue weighted by Gasteiger charge is 2.26. The van der Waals surface area contributed by atoms with Crippen LogP contribution in [0, 0.1) is 5.92 Å². The van der Waals surface area contributed by atoms with Gasteiger partial charge in [-0.2, -0.15) is 0 Å². The second-order valence-electron chi connectivity index (χ2n) is 7.98. The first-order chi connectivity index (χ1) is 15.3. The molecule has 0 saturated heterocycles. The Hall–Kier alpha value is -2.91. The zero-order valence-corrected chi connectivity index (χ0v) is 19.4. The maximum Gasteiger partial charge on any atom is 0.289 e. The predicted molar refractivity (Wildman–Crippen MR) is 120 cm³/mol. The molecule has 0 fully saturated rings. The largest absolute Gasteiger partial charge is 0.459 e. The van der Waals surface area contributed by atoms with Crippen LogP contribution in [0.4, 0.5) is 0 Å². The van der Waals surface area contributed by atoms with Gasteiger partial charge in [0.2, 0.25) is 15.0 Å². The van der Waals surface area contributed by atoms with Crippen LogP contribution < -0.4 is 0 Å². The lowest BCUT2D eigenvalue weighted by molar-refractivity contribution is 0.0685. The Morgan fingerprint density at radius 1 is 1.19 bits per heavy atom. The van der Waals surface area contributed by atoms with Gasteiger partial charge in [-0.3, -0.25) is 4.79 Å². The van der Waals surface area contributed by atoms with Gasteiger partial charge in [-0.1, -0.05) is 44.2 Å². The number of carbonyl (C=O) groups is 1. The van der Waals surface area contributed by atoms with E-state index in [-0.39, 0.29) is 35.0 Å². The minimum Gasteiger partial charge on any atom is -0.459 e. The second-order valence-corrected chi connectivity index (χ2v) is 9.86. The number of hydrogen-bond acceptors (Lipinski definition) is 6. The van der Waals surface area contributed by atoms with Crippen molar-refractivity contribution in [2.24, 2.45) is 5.92 Å². The molecule has 0 unspecified atom stereocenters. The first-order valence-corrected chi connectivity index (χ1v) is 12.1. The number of methoxy groups -OCH3 is 1. The summed E-state index contributed by atoms with van der Waals surface area (Å²) in [6, 6.07) is 12.3. The monoisotopic (exact) mass is 459 g/mol. The smallest absolute Gasteiger partial charge is 0.289 e. The fourth-order valence-electron chi connectivity index (χ4n) is 3.46. The van der Waals surface area contributed by atoms with Crippen molar-refractivity contribution in [3.63, 3.8) is 0 Å². The van der Waals surface area contributed by atoms with Gasteiger partial charge >= 0.3 is 0 Å². The summed E-state index contributed by atoms with van der Waals surface area (Å²) in [4.78, 5) is 18.9. The molecule has 3 rings (SSSR count). The number of rotatable bonds is 11. The van der Waals surface area contributed by atoms with Gasteiger partial charge in [0.05, 0.1) is 37.1 Å². The molecule has 2 heterocycles. The maximum atomic E-state index is 13.2. The van der Waals surface area contributed by atoms with E-state index in [2.05, 4.69) is 4.98 Å². The number of sulfone groups is 1. The topological polar surface area (TPSA) is 94.6 Å². The molecular weight excluding hydrogens is 430 g/mol. The lowest BCUT2D eigenvalue weighted by atomic mass is 10.2. The van der Waals surface area contributed by atoms with Crippen LogP contribution in [-0.4, -0.2) is 49.0 Å². The SMILES string of the molecule is COCCn1c(CN(CC(C)C)C(=O)c2ccco2)cnc1S(=O)(=O)Cc1ccccc1. The maximum absolute atomic E-state index is 13.2. The summed E-state index contributed by atoms with van der Waals surface area (Å²) < 4.78 is 38.4. The van der Waals surface area contributed by atoms with Crippen LogP contribution in [0.5, 0.6) is 0 Å². The molecule has 0 radical (unpaired) electrons. The van der Waals surface area contributed by atoms with Gasteiger partial charge in [-0.25, -0.2) is 13.4 Å². The molecule has 0 atom stereocenters. The van der Waals surface area contributed by atoms with Crippen molar-refractivity contribution in [2.75, 3.05) is 20.3 Å². The Kier molecular flexibility index (Phi) is 7.87. The van der Waals surface area contributed by atoms with Crippen molar-refractivity contribution in [1.82, 2.24) is 14.5 Å². The van der Waals surface area contributed by atoms with E-state index in [1.807, 2.05) is 19.9 Å². The van der Waals surface area contributed by atoms with Crippen molar-refractivity contribution in [1.29, 1.82) is 0 Å². The quantitative estimate of drug-likeness (QED) is 0.436. The number of aromatic nitrogens is 2. The lowest BCUT2D eigenvalue weighted by Gasteiger charge is -2.24. The molecule has 172 valence electrons. The number of imidazole rings is 1. The van der Waals surface area contributed by atoms with E-state index in [4.69, 9.17) is 9.15 Å². The number of carbonyl (C=O) groups excluding carboxylic acids is 1. The first-order valence-electron chi connectivity index (χ1n) is 10.4. The molecule has 9 heteroatoms. The van der Waals surface area contributed by atoms with Gasteiger partial charge in [0, 0.05) is 20.2 Å². The minimum absolute atomic E-state index is 0.0247. The van der Waals surface area contributed by atoms with Gasteiger partial charge in [-0.15, -0.1) is 0 Å². The number of hydrogen-bond donors (Lipinski definition) is 0. The van der Waals surface area contributed by atoms with Gasteiger partial charge in [0.1, 0.15) is 0 Å². The first kappa shape index (κ1) is 23.7. The van der Waals surface area contributed by atoms with Crippen LogP contribution in [0.1, 0.15) is 35.7 Å². The summed E-state index contributed by atoms with van der Waals surface area (Å²) in [6.45, 7) is 5.34. The van der Waals surface area contributed by atoms with Crippen molar-refractivity contribution >= 4 is 15.7 Å². The molecule has 0 aliphatic heterocycles. The minimum atomic E-state index is -3.70. The van der Waals surface area contributed by atoms with Gasteiger partial charge in [0.15, 0.2) is 5.76 Å². The number of ether oxygens (including phenoxy) is 1. The van der Waals surface area contributed by atoms with Crippen molar-refractivity contribution in [3.05, 3.63) is 71.9 Å². The number of amides is 1. The van der Waals surface area contributed by atoms with Crippen molar-refractivity contribution in [3.8, 4) is 0 Å². The number of nitrogens with zero attached hydrogens (tertiary/aromatic N) is 3. The van der Waals surface area contributed by atoms with E-state index in [1.54, 1.807) is 53.0 Å². The number of furan rings is 1. The molecule has 0 saturated carbocycles. The zero-order chi connectivity index (χ0) is 23.1. The average Bonchev–Trinajstić information content (AvgIpc) is 3.42. The molecule has 0 spiro atoms. The van der Waals surface area contributed by atoms with Gasteiger partial charge in [-0.05, 0) is 23.6 Å².